The monoisotopic (exact) mass is 198 g/mol. The minimum Gasteiger partial charge on any atom is -0.497 e. The molecule has 0 aromatic rings. The molecular weight excluding hydrogens is 187 g/mol. The summed E-state index contributed by atoms with van der Waals surface area (Å²) in [6.45, 7) is 1.84. The second kappa shape index (κ2) is 3.61. The molecule has 0 aromatic carbocycles. The predicted octanol–water partition coefficient (Wildman–Crippen LogP) is 0.0714. The Balaban J connectivity index is 1.97. The molecule has 76 valence electrons. The summed E-state index contributed by atoms with van der Waals surface area (Å²) < 4.78 is 15.0. The molecule has 5 nitrogen and oxygen atoms in total. The third-order valence-corrected chi connectivity index (χ3v) is 2.28. The molecule has 0 amide bonds. The zero-order valence-corrected chi connectivity index (χ0v) is 7.89. The van der Waals surface area contributed by atoms with Gasteiger partial charge in [-0.3, -0.25) is 9.59 Å². The Kier molecular flexibility index (Phi) is 2.45. The molecule has 2 aliphatic rings. The molecule has 2 heterocycles. The zero-order chi connectivity index (χ0) is 10.1. The maximum atomic E-state index is 11.1. The number of hydrogen-bond acceptors (Lipinski definition) is 5. The molecule has 0 bridgehead atoms. The van der Waals surface area contributed by atoms with Gasteiger partial charge in [-0.05, 0) is 13.3 Å². The normalized spacial score (nSPS) is 32.8. The summed E-state index contributed by atoms with van der Waals surface area (Å²) in [6, 6.07) is -0.277. The average Bonchev–Trinajstić information content (AvgIpc) is 2.78. The zero-order valence-electron chi connectivity index (χ0n) is 7.89. The Morgan fingerprint density at radius 2 is 1.71 bits per heavy atom. The van der Waals surface area contributed by atoms with Gasteiger partial charge in [-0.2, -0.15) is 0 Å². The molecule has 0 N–H and O–H groups in total. The molecule has 2 saturated heterocycles. The van der Waals surface area contributed by atoms with Gasteiger partial charge in [0.2, 0.25) is 0 Å². The van der Waals surface area contributed by atoms with E-state index in [2.05, 4.69) is 0 Å². The van der Waals surface area contributed by atoms with Crippen LogP contribution in [0.15, 0.2) is 0 Å². The van der Waals surface area contributed by atoms with Gasteiger partial charge in [-0.1, -0.05) is 0 Å². The predicted molar refractivity (Wildman–Crippen MR) is 46.1 cm³/mol. The van der Waals surface area contributed by atoms with Crippen LogP contribution in [0.5, 0.6) is 0 Å². The van der Waals surface area contributed by atoms with Crippen molar-refractivity contribution < 1.29 is 23.6 Å². The summed E-state index contributed by atoms with van der Waals surface area (Å²) in [5, 5.41) is 0. The van der Waals surface area contributed by atoms with Crippen LogP contribution in [-0.2, 0) is 23.6 Å². The lowest BCUT2D eigenvalue weighted by Crippen LogP contribution is -2.37. The van der Waals surface area contributed by atoms with E-state index in [9.17, 15) is 9.59 Å². The average molecular weight is 198 g/mol. The van der Waals surface area contributed by atoms with Crippen LogP contribution >= 0.6 is 0 Å². The van der Waals surface area contributed by atoms with Gasteiger partial charge in [-0.15, -0.1) is 0 Å². The second-order valence-electron chi connectivity index (χ2n) is 3.51. The molecule has 0 aromatic heterocycles. The van der Waals surface area contributed by atoms with Crippen LogP contribution in [-0.4, -0.2) is 31.2 Å². The fourth-order valence-corrected chi connectivity index (χ4v) is 1.40. The Bertz CT molecular complexity index is 248. The molecule has 0 spiro atoms. The summed E-state index contributed by atoms with van der Waals surface area (Å²) in [4.78, 5) is 22.2. The van der Waals surface area contributed by atoms with Crippen LogP contribution in [0.3, 0.4) is 0 Å². The fraction of sp³-hybridized carbons (Fsp3) is 0.750. The van der Waals surface area contributed by atoms with Crippen molar-refractivity contribution in [3.05, 3.63) is 0 Å². The summed E-state index contributed by atoms with van der Waals surface area (Å²) in [7, 11) is -0.842. The van der Waals surface area contributed by atoms with Gasteiger partial charge in [0.05, 0.1) is 6.10 Å². The van der Waals surface area contributed by atoms with Crippen molar-refractivity contribution in [2.75, 3.05) is 0 Å². The van der Waals surface area contributed by atoms with Gasteiger partial charge in [-0.25, -0.2) is 0 Å². The van der Waals surface area contributed by atoms with Crippen molar-refractivity contribution >= 4 is 19.1 Å². The van der Waals surface area contributed by atoms with Crippen LogP contribution in [0.1, 0.15) is 26.2 Å². The molecule has 0 saturated carbocycles. The molecule has 2 fully saturated rings. The molecule has 1 unspecified atom stereocenters. The number of carbonyl (C=O) groups excluding carboxylic acids is 2. The van der Waals surface area contributed by atoms with Gasteiger partial charge < -0.3 is 14.0 Å². The van der Waals surface area contributed by atoms with Crippen LogP contribution in [0.2, 0.25) is 0 Å². The van der Waals surface area contributed by atoms with Crippen molar-refractivity contribution in [3.8, 4) is 0 Å². The first-order chi connectivity index (χ1) is 6.66. The highest BCUT2D eigenvalue weighted by Crippen LogP contribution is 2.26. The lowest BCUT2D eigenvalue weighted by Gasteiger charge is -2.15. The van der Waals surface area contributed by atoms with Gasteiger partial charge in [0.25, 0.3) is 11.9 Å². The van der Waals surface area contributed by atoms with E-state index in [4.69, 9.17) is 14.0 Å². The van der Waals surface area contributed by atoms with Crippen LogP contribution < -0.4 is 0 Å². The first-order valence-corrected chi connectivity index (χ1v) is 4.71. The highest BCUT2D eigenvalue weighted by molar-refractivity contribution is 6.51. The van der Waals surface area contributed by atoms with Crippen molar-refractivity contribution in [1.82, 2.24) is 0 Å². The standard InChI is InChI=1S/C8H11BO5/c1-5-8(12-5)9-13-6(10)3-2-4-7(11)14-9/h5,8H,2-4H2,1H3/t5-,8?/m0/s1. The molecule has 0 radical (unpaired) electrons. The van der Waals surface area contributed by atoms with Gasteiger partial charge in [0.15, 0.2) is 0 Å². The summed E-state index contributed by atoms with van der Waals surface area (Å²) >= 11 is 0. The SMILES string of the molecule is C[C@@H]1OC1B1OC(=O)CCCC(=O)O1. The minimum atomic E-state index is -0.842. The maximum Gasteiger partial charge on any atom is 0.632 e. The van der Waals surface area contributed by atoms with Crippen molar-refractivity contribution in [1.29, 1.82) is 0 Å². The molecule has 6 heteroatoms. The largest absolute Gasteiger partial charge is 0.632 e. The minimum absolute atomic E-state index is 0.0000246. The number of epoxide rings is 1. The molecule has 2 rings (SSSR count). The van der Waals surface area contributed by atoms with E-state index >= 15 is 0 Å². The Labute approximate surface area is 81.8 Å². The van der Waals surface area contributed by atoms with E-state index < -0.39 is 7.12 Å². The summed E-state index contributed by atoms with van der Waals surface area (Å²) in [5.74, 6) is -0.657. The maximum absolute atomic E-state index is 11.1. The number of carbonyl (C=O) groups is 2. The smallest absolute Gasteiger partial charge is 0.497 e. The molecule has 2 aliphatic heterocycles. The number of hydrogen-bond donors (Lipinski definition) is 0. The molecular formula is C8H11BO5. The highest BCUT2D eigenvalue weighted by Gasteiger charge is 2.53. The van der Waals surface area contributed by atoms with E-state index in [0.29, 0.717) is 6.42 Å². The Morgan fingerprint density at radius 3 is 2.14 bits per heavy atom. The van der Waals surface area contributed by atoms with E-state index in [1.54, 1.807) is 0 Å². The third kappa shape index (κ3) is 2.06. The molecule has 2 atom stereocenters. The second-order valence-corrected chi connectivity index (χ2v) is 3.51. The fourth-order valence-electron chi connectivity index (χ4n) is 1.40. The van der Waals surface area contributed by atoms with Gasteiger partial charge in [0.1, 0.15) is 6.00 Å². The van der Waals surface area contributed by atoms with E-state index in [0.717, 1.165) is 0 Å². The topological polar surface area (TPSA) is 65.1 Å². The lowest BCUT2D eigenvalue weighted by molar-refractivity contribution is -0.143. The van der Waals surface area contributed by atoms with E-state index in [1.165, 1.54) is 0 Å². The molecule has 0 aliphatic carbocycles. The highest BCUT2D eigenvalue weighted by atomic mass is 16.7. The van der Waals surface area contributed by atoms with E-state index in [-0.39, 0.29) is 36.9 Å². The first-order valence-electron chi connectivity index (χ1n) is 4.71. The molecule has 14 heavy (non-hydrogen) atoms. The van der Waals surface area contributed by atoms with Crippen molar-refractivity contribution in [2.24, 2.45) is 0 Å². The lowest BCUT2D eigenvalue weighted by atomic mass is 9.82. The first kappa shape index (κ1) is 9.52. The quantitative estimate of drug-likeness (QED) is 0.440. The number of ether oxygens (including phenoxy) is 1. The third-order valence-electron chi connectivity index (χ3n) is 2.28. The van der Waals surface area contributed by atoms with E-state index in [1.807, 2.05) is 6.92 Å². The van der Waals surface area contributed by atoms with Crippen LogP contribution in [0.4, 0.5) is 0 Å². The Morgan fingerprint density at radius 1 is 1.21 bits per heavy atom. The van der Waals surface area contributed by atoms with Gasteiger partial charge >= 0.3 is 7.12 Å². The van der Waals surface area contributed by atoms with Crippen LogP contribution in [0, 0.1) is 0 Å². The Hall–Kier alpha value is -1.04. The van der Waals surface area contributed by atoms with Crippen LogP contribution in [0.25, 0.3) is 0 Å². The summed E-state index contributed by atoms with van der Waals surface area (Å²) in [5.41, 5.74) is 0. The van der Waals surface area contributed by atoms with Crippen molar-refractivity contribution in [2.45, 2.75) is 38.3 Å². The van der Waals surface area contributed by atoms with Gasteiger partial charge in [0, 0.05) is 12.8 Å². The number of rotatable bonds is 1. The van der Waals surface area contributed by atoms with Crippen molar-refractivity contribution in [3.63, 3.8) is 0 Å². The summed E-state index contributed by atoms with van der Waals surface area (Å²) in [6.07, 6.45) is 1.03.